The van der Waals surface area contributed by atoms with E-state index in [1.807, 2.05) is 48.5 Å². The van der Waals surface area contributed by atoms with Gasteiger partial charge in [-0.05, 0) is 47.4 Å². The van der Waals surface area contributed by atoms with Crippen molar-refractivity contribution in [2.24, 2.45) is 0 Å². The first-order chi connectivity index (χ1) is 18.0. The molecule has 1 saturated heterocycles. The minimum absolute atomic E-state index is 0.127. The molecule has 188 valence electrons. The van der Waals surface area contributed by atoms with Gasteiger partial charge in [-0.3, -0.25) is 14.3 Å². The van der Waals surface area contributed by atoms with Gasteiger partial charge in [0.1, 0.15) is 0 Å². The second kappa shape index (κ2) is 10.8. The van der Waals surface area contributed by atoms with Crippen molar-refractivity contribution in [3.8, 4) is 6.07 Å². The van der Waals surface area contributed by atoms with E-state index in [0.717, 1.165) is 29.7 Å². The lowest BCUT2D eigenvalue weighted by Crippen LogP contribution is -2.38. The molecule has 1 amide bonds. The van der Waals surface area contributed by atoms with Gasteiger partial charge in [0.05, 0.1) is 42.3 Å². The predicted octanol–water partition coefficient (Wildman–Crippen LogP) is 2.98. The van der Waals surface area contributed by atoms with Gasteiger partial charge in [-0.15, -0.1) is 0 Å². The highest BCUT2D eigenvalue weighted by atomic mass is 16.4. The number of oxazole rings is 1. The molecule has 1 aromatic heterocycles. The van der Waals surface area contributed by atoms with Crippen LogP contribution in [0.3, 0.4) is 0 Å². The molecular formula is C29H28N4O4. The standard InChI is InChI=1S/C29H28N4O4/c30-16-20-6-8-21(9-7-20)17-33-26-14-22(10-11-27(26)37-29(33)36)15-28(35)31-25(23-4-2-1-3-5-23)19-32-13-12-24(34)18-32/h1-11,14,24-25,34H,12-13,15,17-19H2,(H,31,35)/t24?,25-/m1/s1. The van der Waals surface area contributed by atoms with Gasteiger partial charge in [0.15, 0.2) is 5.58 Å². The van der Waals surface area contributed by atoms with Gasteiger partial charge in [0.25, 0.3) is 0 Å². The van der Waals surface area contributed by atoms with Crippen LogP contribution in [0.25, 0.3) is 11.1 Å². The Kier molecular flexibility index (Phi) is 7.17. The number of aliphatic hydroxyl groups excluding tert-OH is 1. The molecule has 0 radical (unpaired) electrons. The number of nitrogens with zero attached hydrogens (tertiary/aromatic N) is 3. The molecule has 0 saturated carbocycles. The zero-order valence-electron chi connectivity index (χ0n) is 20.3. The first-order valence-electron chi connectivity index (χ1n) is 12.3. The van der Waals surface area contributed by atoms with E-state index < -0.39 is 5.76 Å². The summed E-state index contributed by atoms with van der Waals surface area (Å²) in [4.78, 5) is 27.8. The van der Waals surface area contributed by atoms with Crippen molar-refractivity contribution < 1.29 is 14.3 Å². The first-order valence-corrected chi connectivity index (χ1v) is 12.3. The van der Waals surface area contributed by atoms with Crippen LogP contribution in [0.1, 0.15) is 34.7 Å². The van der Waals surface area contributed by atoms with Gasteiger partial charge in [0, 0.05) is 19.6 Å². The third-order valence-corrected chi connectivity index (χ3v) is 6.75. The molecule has 8 heteroatoms. The average molecular weight is 497 g/mol. The normalized spacial score (nSPS) is 16.5. The van der Waals surface area contributed by atoms with E-state index in [4.69, 9.17) is 9.68 Å². The lowest BCUT2D eigenvalue weighted by atomic mass is 10.1. The van der Waals surface area contributed by atoms with Crippen LogP contribution in [0.2, 0.25) is 0 Å². The molecule has 8 nitrogen and oxygen atoms in total. The monoisotopic (exact) mass is 496 g/mol. The third kappa shape index (κ3) is 5.80. The summed E-state index contributed by atoms with van der Waals surface area (Å²) in [6.07, 6.45) is 0.568. The van der Waals surface area contributed by atoms with Crippen molar-refractivity contribution >= 4 is 17.0 Å². The summed E-state index contributed by atoms with van der Waals surface area (Å²) in [6, 6.07) is 24.1. The maximum Gasteiger partial charge on any atom is 0.420 e. The number of amides is 1. The van der Waals surface area contributed by atoms with Crippen LogP contribution in [0, 0.1) is 11.3 Å². The number of aliphatic hydroxyl groups is 1. The number of β-amino-alcohol motifs (C(OH)–C–C–N with tert-alkyl or cyclic N) is 1. The number of carbonyl (C=O) groups is 1. The van der Waals surface area contributed by atoms with Crippen molar-refractivity contribution in [1.29, 1.82) is 5.26 Å². The van der Waals surface area contributed by atoms with Crippen molar-refractivity contribution in [1.82, 2.24) is 14.8 Å². The third-order valence-electron chi connectivity index (χ3n) is 6.75. The quantitative estimate of drug-likeness (QED) is 0.388. The summed E-state index contributed by atoms with van der Waals surface area (Å²) in [6.45, 7) is 2.32. The van der Waals surface area contributed by atoms with Gasteiger partial charge in [-0.25, -0.2) is 4.79 Å². The Labute approximate surface area is 214 Å². The summed E-state index contributed by atoms with van der Waals surface area (Å²) in [7, 11) is 0. The number of nitrogens with one attached hydrogen (secondary N) is 1. The number of nitriles is 1. The van der Waals surface area contributed by atoms with E-state index in [-0.39, 0.29) is 24.5 Å². The smallest absolute Gasteiger partial charge is 0.408 e. The fourth-order valence-electron chi connectivity index (χ4n) is 4.82. The van der Waals surface area contributed by atoms with Crippen LogP contribution in [0.4, 0.5) is 0 Å². The van der Waals surface area contributed by atoms with Gasteiger partial charge < -0.3 is 14.8 Å². The number of rotatable bonds is 8. The Balaban J connectivity index is 1.33. The molecule has 1 aliphatic rings. The first kappa shape index (κ1) is 24.5. The predicted molar refractivity (Wildman–Crippen MR) is 139 cm³/mol. The van der Waals surface area contributed by atoms with E-state index in [1.54, 1.807) is 24.3 Å². The lowest BCUT2D eigenvalue weighted by molar-refractivity contribution is -0.121. The van der Waals surface area contributed by atoms with Crippen LogP contribution in [-0.4, -0.2) is 46.2 Å². The van der Waals surface area contributed by atoms with Crippen LogP contribution in [-0.2, 0) is 17.8 Å². The Hall–Kier alpha value is -4.19. The maximum atomic E-state index is 13.1. The Bertz CT molecular complexity index is 1480. The van der Waals surface area contributed by atoms with Crippen LogP contribution in [0.15, 0.2) is 82.0 Å². The second-order valence-corrected chi connectivity index (χ2v) is 9.47. The van der Waals surface area contributed by atoms with Gasteiger partial charge in [-0.2, -0.15) is 5.26 Å². The summed E-state index contributed by atoms with van der Waals surface area (Å²) in [5, 5.41) is 22.1. The zero-order chi connectivity index (χ0) is 25.8. The topological polar surface area (TPSA) is 112 Å². The molecule has 4 aromatic rings. The summed E-state index contributed by atoms with van der Waals surface area (Å²) in [5.41, 5.74) is 4.27. The van der Waals surface area contributed by atoms with Crippen molar-refractivity contribution in [2.45, 2.75) is 31.5 Å². The molecule has 37 heavy (non-hydrogen) atoms. The number of aromatic nitrogens is 1. The SMILES string of the molecule is N#Cc1ccc(Cn2c(=O)oc3ccc(CC(=O)N[C@H](CN4CCC(O)C4)c4ccccc4)cc32)cc1. The highest BCUT2D eigenvalue weighted by Crippen LogP contribution is 2.20. The molecule has 3 aromatic carbocycles. The summed E-state index contributed by atoms with van der Waals surface area (Å²) >= 11 is 0. The van der Waals surface area contributed by atoms with E-state index in [9.17, 15) is 14.7 Å². The van der Waals surface area contributed by atoms with E-state index in [0.29, 0.717) is 36.3 Å². The Morgan fingerprint density at radius 3 is 2.57 bits per heavy atom. The van der Waals surface area contributed by atoms with Crippen LogP contribution < -0.4 is 11.1 Å². The number of carbonyl (C=O) groups excluding carboxylic acids is 1. The fourth-order valence-corrected chi connectivity index (χ4v) is 4.82. The van der Waals surface area contributed by atoms with Gasteiger partial charge >= 0.3 is 5.76 Å². The molecule has 1 aliphatic heterocycles. The summed E-state index contributed by atoms with van der Waals surface area (Å²) in [5.74, 6) is -0.602. The number of hydrogen-bond donors (Lipinski definition) is 2. The average Bonchev–Trinajstić information content (AvgIpc) is 3.46. The Morgan fingerprint density at radius 2 is 1.86 bits per heavy atom. The molecule has 0 aliphatic carbocycles. The lowest BCUT2D eigenvalue weighted by Gasteiger charge is -2.25. The van der Waals surface area contributed by atoms with E-state index in [1.165, 1.54) is 4.57 Å². The molecule has 1 fully saturated rings. The van der Waals surface area contributed by atoms with Crippen LogP contribution >= 0.6 is 0 Å². The summed E-state index contributed by atoms with van der Waals surface area (Å²) < 4.78 is 6.94. The highest BCUT2D eigenvalue weighted by Gasteiger charge is 2.25. The largest absolute Gasteiger partial charge is 0.420 e. The maximum absolute atomic E-state index is 13.1. The van der Waals surface area contributed by atoms with Crippen molar-refractivity contribution in [2.75, 3.05) is 19.6 Å². The molecule has 2 N–H and O–H groups in total. The fraction of sp³-hybridized carbons (Fsp3) is 0.276. The highest BCUT2D eigenvalue weighted by molar-refractivity contribution is 5.81. The zero-order valence-corrected chi connectivity index (χ0v) is 20.3. The molecular weight excluding hydrogens is 468 g/mol. The van der Waals surface area contributed by atoms with Crippen molar-refractivity contribution in [3.05, 3.63) is 106 Å². The van der Waals surface area contributed by atoms with Crippen molar-refractivity contribution in [3.63, 3.8) is 0 Å². The number of likely N-dealkylation sites (tertiary alicyclic amines) is 1. The van der Waals surface area contributed by atoms with E-state index >= 15 is 0 Å². The number of benzene rings is 3. The minimum atomic E-state index is -0.474. The van der Waals surface area contributed by atoms with Gasteiger partial charge in [0.2, 0.25) is 5.91 Å². The van der Waals surface area contributed by atoms with Crippen LogP contribution in [0.5, 0.6) is 0 Å². The Morgan fingerprint density at radius 1 is 1.11 bits per heavy atom. The molecule has 1 unspecified atom stereocenters. The number of hydrogen-bond acceptors (Lipinski definition) is 6. The van der Waals surface area contributed by atoms with E-state index in [2.05, 4.69) is 16.3 Å². The number of fused-ring (bicyclic) bond motifs is 1. The molecule has 0 bridgehead atoms. The van der Waals surface area contributed by atoms with Gasteiger partial charge in [-0.1, -0.05) is 48.5 Å². The molecule has 5 rings (SSSR count). The molecule has 2 heterocycles. The molecule has 2 atom stereocenters. The minimum Gasteiger partial charge on any atom is -0.408 e. The second-order valence-electron chi connectivity index (χ2n) is 9.47. The molecule has 0 spiro atoms.